The number of hydrogen-bond donors (Lipinski definition) is 0. The molecule has 0 aliphatic carbocycles. The van der Waals surface area contributed by atoms with E-state index in [2.05, 4.69) is 0 Å². The van der Waals surface area contributed by atoms with Crippen LogP contribution in [0.1, 0.15) is 20.8 Å². The molecule has 1 rings (SSSR count). The van der Waals surface area contributed by atoms with Gasteiger partial charge in [-0.3, -0.25) is 8.63 Å². The molecular formula is C10H19BF2N2O2. The lowest BCUT2D eigenvalue weighted by Crippen LogP contribution is -2.61. The van der Waals surface area contributed by atoms with Crippen molar-refractivity contribution in [3.63, 3.8) is 0 Å². The van der Waals surface area contributed by atoms with Crippen molar-refractivity contribution in [1.29, 1.82) is 0 Å². The number of likely N-dealkylation sites (N-methyl/N-ethyl adjacent to an activating group) is 1. The first kappa shape index (κ1) is 14.2. The quantitative estimate of drug-likeness (QED) is 0.709. The summed E-state index contributed by atoms with van der Waals surface area (Å²) in [5.74, 6) is 0. The largest absolute Gasteiger partial charge is 0.551 e. The molecule has 0 bridgehead atoms. The summed E-state index contributed by atoms with van der Waals surface area (Å²) in [6.07, 6.45) is -0.627. The maximum absolute atomic E-state index is 12.1. The molecule has 1 fully saturated rings. The minimum absolute atomic E-state index is 0.0244. The molecular weight excluding hydrogens is 229 g/mol. The Morgan fingerprint density at radius 2 is 2.00 bits per heavy atom. The molecule has 0 saturated carbocycles. The molecule has 0 aromatic rings. The van der Waals surface area contributed by atoms with E-state index in [4.69, 9.17) is 4.74 Å². The Labute approximate surface area is 101 Å². The smallest absolute Gasteiger partial charge is 0.444 e. The molecule has 1 aliphatic heterocycles. The van der Waals surface area contributed by atoms with Crippen LogP contribution in [-0.4, -0.2) is 61.4 Å². The summed E-state index contributed by atoms with van der Waals surface area (Å²) < 4.78 is 29.3. The summed E-state index contributed by atoms with van der Waals surface area (Å²) >= 11 is 0. The van der Waals surface area contributed by atoms with Crippen molar-refractivity contribution in [1.82, 2.24) is 9.80 Å². The highest BCUT2D eigenvalue weighted by atomic mass is 19.2. The van der Waals surface area contributed by atoms with E-state index in [0.717, 1.165) is 0 Å². The van der Waals surface area contributed by atoms with Gasteiger partial charge in [-0.25, -0.2) is 4.79 Å². The van der Waals surface area contributed by atoms with Crippen LogP contribution in [0.5, 0.6) is 0 Å². The van der Waals surface area contributed by atoms with E-state index in [1.807, 2.05) is 0 Å². The summed E-state index contributed by atoms with van der Waals surface area (Å²) in [6, 6.07) is -0.0244. The summed E-state index contributed by atoms with van der Waals surface area (Å²) in [7, 11) is -0.680. The van der Waals surface area contributed by atoms with Crippen LogP contribution in [0.2, 0.25) is 0 Å². The first-order chi connectivity index (χ1) is 7.69. The fourth-order valence-corrected chi connectivity index (χ4v) is 1.61. The highest BCUT2D eigenvalue weighted by Gasteiger charge is 2.36. The molecule has 0 spiro atoms. The molecule has 0 unspecified atom stereocenters. The monoisotopic (exact) mass is 248 g/mol. The van der Waals surface area contributed by atoms with Gasteiger partial charge in [0, 0.05) is 26.6 Å². The third kappa shape index (κ3) is 4.49. The molecule has 98 valence electrons. The van der Waals surface area contributed by atoms with E-state index in [9.17, 15) is 13.4 Å². The average Bonchev–Trinajstić information content (AvgIpc) is 2.06. The van der Waals surface area contributed by atoms with Crippen LogP contribution in [0.4, 0.5) is 13.4 Å². The maximum Gasteiger partial charge on any atom is 0.551 e. The van der Waals surface area contributed by atoms with Gasteiger partial charge in [0.15, 0.2) is 0 Å². The second-order valence-electron chi connectivity index (χ2n) is 5.35. The molecule has 1 amide bonds. The molecule has 7 heteroatoms. The average molecular weight is 248 g/mol. The Hall–Kier alpha value is -0.845. The second-order valence-corrected chi connectivity index (χ2v) is 5.35. The van der Waals surface area contributed by atoms with Gasteiger partial charge in [0.25, 0.3) is 0 Å². The molecule has 0 radical (unpaired) electrons. The van der Waals surface area contributed by atoms with Crippen molar-refractivity contribution in [2.45, 2.75) is 32.4 Å². The predicted molar refractivity (Wildman–Crippen MR) is 62.2 cm³/mol. The second kappa shape index (κ2) is 5.20. The number of rotatable bonds is 3. The van der Waals surface area contributed by atoms with Crippen molar-refractivity contribution in [3.8, 4) is 0 Å². The Bertz CT molecular complexity index is 278. The number of ether oxygens (including phenoxy) is 1. The zero-order chi connectivity index (χ0) is 13.2. The van der Waals surface area contributed by atoms with Crippen LogP contribution in [0.25, 0.3) is 0 Å². The van der Waals surface area contributed by atoms with Gasteiger partial charge in [0.2, 0.25) is 0 Å². The van der Waals surface area contributed by atoms with Crippen LogP contribution in [0.15, 0.2) is 0 Å². The normalized spacial score (nSPS) is 17.5. The van der Waals surface area contributed by atoms with Gasteiger partial charge < -0.3 is 14.5 Å². The third-order valence-electron chi connectivity index (χ3n) is 2.56. The number of carbonyl (C=O) groups is 1. The zero-order valence-corrected chi connectivity index (χ0v) is 10.7. The van der Waals surface area contributed by atoms with Crippen molar-refractivity contribution < 1.29 is 18.2 Å². The van der Waals surface area contributed by atoms with Gasteiger partial charge >= 0.3 is 13.4 Å². The van der Waals surface area contributed by atoms with Gasteiger partial charge in [-0.1, -0.05) is 0 Å². The molecule has 1 aliphatic rings. The van der Waals surface area contributed by atoms with E-state index in [1.54, 1.807) is 32.7 Å². The lowest BCUT2D eigenvalue weighted by molar-refractivity contribution is -0.000818. The number of carbonyl (C=O) groups excluding carboxylic acids is 1. The third-order valence-corrected chi connectivity index (χ3v) is 2.56. The predicted octanol–water partition coefficient (Wildman–Crippen LogP) is 1.50. The fourth-order valence-electron chi connectivity index (χ4n) is 1.61. The number of amides is 1. The molecule has 0 atom stereocenters. The lowest BCUT2D eigenvalue weighted by Gasteiger charge is -2.43. The summed E-state index contributed by atoms with van der Waals surface area (Å²) in [5, 5.41) is 0. The van der Waals surface area contributed by atoms with E-state index in [-0.39, 0.29) is 12.5 Å². The van der Waals surface area contributed by atoms with Crippen LogP contribution in [0.3, 0.4) is 0 Å². The minimum atomic E-state index is -2.32. The standard InChI is InChI=1S/C10H19BF2N2O2/c1-10(2,3)17-9(16)14(4)8-5-15(6-8)7-11(12)13/h8H,5-7H2,1-4H3. The molecule has 0 aromatic carbocycles. The van der Waals surface area contributed by atoms with Crippen molar-refractivity contribution in [2.24, 2.45) is 0 Å². The van der Waals surface area contributed by atoms with E-state index >= 15 is 0 Å². The first-order valence-corrected chi connectivity index (χ1v) is 5.65. The Balaban J connectivity index is 2.31. The Morgan fingerprint density at radius 1 is 1.47 bits per heavy atom. The maximum atomic E-state index is 12.1. The first-order valence-electron chi connectivity index (χ1n) is 5.65. The number of nitrogens with zero attached hydrogens (tertiary/aromatic N) is 2. The summed E-state index contributed by atoms with van der Waals surface area (Å²) in [4.78, 5) is 14.8. The van der Waals surface area contributed by atoms with E-state index in [1.165, 1.54) is 4.90 Å². The van der Waals surface area contributed by atoms with Crippen LogP contribution >= 0.6 is 0 Å². The fraction of sp³-hybridized carbons (Fsp3) is 0.900. The molecule has 4 nitrogen and oxygen atoms in total. The highest BCUT2D eigenvalue weighted by molar-refractivity contribution is 6.42. The highest BCUT2D eigenvalue weighted by Crippen LogP contribution is 2.17. The van der Waals surface area contributed by atoms with Gasteiger partial charge in [-0.15, -0.1) is 0 Å². The van der Waals surface area contributed by atoms with Crippen molar-refractivity contribution in [2.75, 3.05) is 26.6 Å². The molecule has 0 N–H and O–H groups in total. The lowest BCUT2D eigenvalue weighted by atomic mass is 9.94. The molecule has 1 saturated heterocycles. The zero-order valence-electron chi connectivity index (χ0n) is 10.7. The van der Waals surface area contributed by atoms with Crippen LogP contribution in [0, 0.1) is 0 Å². The Kier molecular flexibility index (Phi) is 4.35. The summed E-state index contributed by atoms with van der Waals surface area (Å²) in [5.41, 5.74) is -0.530. The molecule has 0 aromatic heterocycles. The molecule has 17 heavy (non-hydrogen) atoms. The van der Waals surface area contributed by atoms with Gasteiger partial charge in [0.1, 0.15) is 5.60 Å². The van der Waals surface area contributed by atoms with Gasteiger partial charge in [-0.2, -0.15) is 0 Å². The van der Waals surface area contributed by atoms with Crippen molar-refractivity contribution >= 4 is 13.4 Å². The van der Waals surface area contributed by atoms with Gasteiger partial charge in [0.05, 0.1) is 6.04 Å². The number of hydrogen-bond acceptors (Lipinski definition) is 3. The molecule has 1 heterocycles. The number of likely N-dealkylation sites (tertiary alicyclic amines) is 1. The Morgan fingerprint density at radius 3 is 2.41 bits per heavy atom. The SMILES string of the molecule is CN(C(=O)OC(C)(C)C)C1CN(CB(F)F)C1. The number of halogens is 2. The minimum Gasteiger partial charge on any atom is -0.444 e. The van der Waals surface area contributed by atoms with Crippen LogP contribution < -0.4 is 0 Å². The van der Waals surface area contributed by atoms with Crippen LogP contribution in [-0.2, 0) is 4.74 Å². The van der Waals surface area contributed by atoms with Crippen molar-refractivity contribution in [3.05, 3.63) is 0 Å². The summed E-state index contributed by atoms with van der Waals surface area (Å²) in [6.45, 7) is 6.36. The topological polar surface area (TPSA) is 32.8 Å². The van der Waals surface area contributed by atoms with Gasteiger partial charge in [-0.05, 0) is 20.8 Å². The van der Waals surface area contributed by atoms with E-state index < -0.39 is 19.0 Å². The van der Waals surface area contributed by atoms with E-state index in [0.29, 0.717) is 13.1 Å².